The predicted octanol–water partition coefficient (Wildman–Crippen LogP) is -2.60. The Hall–Kier alpha value is -1.10. The lowest BCUT2D eigenvalue weighted by molar-refractivity contribution is -0.301. The van der Waals surface area contributed by atoms with E-state index in [4.69, 9.17) is 14.6 Å². The number of aromatic nitrogens is 3. The van der Waals surface area contributed by atoms with Crippen LogP contribution in [0.4, 0.5) is 0 Å². The Balaban J connectivity index is 1.85. The van der Waals surface area contributed by atoms with Gasteiger partial charge in [0.1, 0.15) is 24.4 Å². The van der Waals surface area contributed by atoms with Crippen molar-refractivity contribution >= 4 is 0 Å². The van der Waals surface area contributed by atoms with Gasteiger partial charge in [-0.1, -0.05) is 5.21 Å². The normalized spacial score (nSPS) is 34.4. The van der Waals surface area contributed by atoms with Crippen molar-refractivity contribution in [3.63, 3.8) is 0 Å². The second-order valence-corrected chi connectivity index (χ2v) is 4.69. The highest BCUT2D eigenvalue weighted by Crippen LogP contribution is 2.21. The first-order chi connectivity index (χ1) is 9.52. The maximum atomic E-state index is 9.75. The van der Waals surface area contributed by atoms with Crippen molar-refractivity contribution in [3.05, 3.63) is 11.9 Å². The maximum Gasteiger partial charge on any atom is 0.186 e. The van der Waals surface area contributed by atoms with Gasteiger partial charge in [0.05, 0.1) is 25.5 Å². The van der Waals surface area contributed by atoms with Crippen LogP contribution in [0.1, 0.15) is 5.69 Å². The molecule has 0 spiro atoms. The van der Waals surface area contributed by atoms with E-state index in [0.717, 1.165) is 5.69 Å². The van der Waals surface area contributed by atoms with Gasteiger partial charge in [0.15, 0.2) is 6.29 Å². The highest BCUT2D eigenvalue weighted by Gasteiger charge is 2.43. The number of aryl methyl sites for hydroxylation is 1. The van der Waals surface area contributed by atoms with E-state index in [-0.39, 0.29) is 6.61 Å². The second-order valence-electron chi connectivity index (χ2n) is 4.69. The van der Waals surface area contributed by atoms with Gasteiger partial charge in [0.2, 0.25) is 0 Å². The van der Waals surface area contributed by atoms with E-state index < -0.39 is 37.3 Å². The lowest BCUT2D eigenvalue weighted by Gasteiger charge is -2.39. The first-order valence-electron chi connectivity index (χ1n) is 6.31. The second kappa shape index (κ2) is 6.57. The lowest BCUT2D eigenvalue weighted by Crippen LogP contribution is -2.59. The number of aliphatic hydroxyl groups is 4. The first-order valence-corrected chi connectivity index (χ1v) is 6.31. The Morgan fingerprint density at radius 3 is 2.65 bits per heavy atom. The minimum Gasteiger partial charge on any atom is -0.394 e. The highest BCUT2D eigenvalue weighted by atomic mass is 16.7. The van der Waals surface area contributed by atoms with Crippen molar-refractivity contribution in [3.8, 4) is 0 Å². The smallest absolute Gasteiger partial charge is 0.186 e. The molecular weight excluding hydrogens is 270 g/mol. The summed E-state index contributed by atoms with van der Waals surface area (Å²) in [5.41, 5.74) is 0.776. The van der Waals surface area contributed by atoms with Crippen LogP contribution >= 0.6 is 0 Å². The first kappa shape index (κ1) is 15.3. The van der Waals surface area contributed by atoms with Crippen LogP contribution in [0.5, 0.6) is 0 Å². The monoisotopic (exact) mass is 289 g/mol. The Labute approximate surface area is 115 Å². The van der Waals surface area contributed by atoms with Crippen LogP contribution in [-0.2, 0) is 16.0 Å². The van der Waals surface area contributed by atoms with Crippen molar-refractivity contribution in [2.24, 2.45) is 0 Å². The molecule has 1 aromatic rings. The number of aliphatic hydroxyl groups excluding tert-OH is 4. The molecule has 1 aliphatic heterocycles. The zero-order valence-electron chi connectivity index (χ0n) is 11.0. The zero-order valence-corrected chi connectivity index (χ0v) is 11.0. The fourth-order valence-electron chi connectivity index (χ4n) is 1.97. The van der Waals surface area contributed by atoms with E-state index in [0.29, 0.717) is 6.54 Å². The molecule has 1 aliphatic rings. The molecule has 0 saturated carbocycles. The molecule has 1 fully saturated rings. The molecule has 0 bridgehead atoms. The van der Waals surface area contributed by atoms with E-state index in [9.17, 15) is 15.3 Å². The fourth-order valence-corrected chi connectivity index (χ4v) is 1.97. The van der Waals surface area contributed by atoms with Gasteiger partial charge in [0.25, 0.3) is 0 Å². The third-order valence-electron chi connectivity index (χ3n) is 3.10. The molecule has 5 unspecified atom stereocenters. The molecule has 9 heteroatoms. The number of rotatable bonds is 5. The number of hydrogen-bond donors (Lipinski definition) is 4. The number of hydrogen-bond acceptors (Lipinski definition) is 8. The van der Waals surface area contributed by atoms with Crippen LogP contribution in [0.3, 0.4) is 0 Å². The molecule has 0 aromatic carbocycles. The molecule has 1 aromatic heterocycles. The Morgan fingerprint density at radius 2 is 2.05 bits per heavy atom. The molecule has 4 N–H and O–H groups in total. The summed E-state index contributed by atoms with van der Waals surface area (Å²) in [7, 11) is 0. The molecule has 0 aliphatic carbocycles. The van der Waals surface area contributed by atoms with Crippen molar-refractivity contribution in [2.45, 2.75) is 44.2 Å². The third-order valence-corrected chi connectivity index (χ3v) is 3.10. The molecule has 2 heterocycles. The maximum absolute atomic E-state index is 9.75. The summed E-state index contributed by atoms with van der Waals surface area (Å²) >= 11 is 0. The molecule has 0 radical (unpaired) electrons. The van der Waals surface area contributed by atoms with E-state index in [1.807, 2.05) is 6.92 Å². The molecule has 2 rings (SSSR count). The van der Waals surface area contributed by atoms with Crippen molar-refractivity contribution in [1.82, 2.24) is 15.0 Å². The van der Waals surface area contributed by atoms with Crippen molar-refractivity contribution in [2.75, 3.05) is 13.2 Å². The topological polar surface area (TPSA) is 130 Å². The van der Waals surface area contributed by atoms with Gasteiger partial charge < -0.3 is 29.9 Å². The van der Waals surface area contributed by atoms with Gasteiger partial charge in [0, 0.05) is 6.20 Å². The van der Waals surface area contributed by atoms with Crippen LogP contribution < -0.4 is 0 Å². The standard InChI is InChI=1S/C11H19N3O6/c1-6-4-14(13-12-6)2-3-19-11-10(18)9(17)8(16)7(5-15)20-11/h4,7-11,15-18H,2-3,5H2,1H3. The largest absolute Gasteiger partial charge is 0.394 e. The molecule has 20 heavy (non-hydrogen) atoms. The minimum atomic E-state index is -1.43. The van der Waals surface area contributed by atoms with E-state index >= 15 is 0 Å². The van der Waals surface area contributed by atoms with Gasteiger partial charge in [-0.2, -0.15) is 0 Å². The lowest BCUT2D eigenvalue weighted by atomic mass is 9.99. The summed E-state index contributed by atoms with van der Waals surface area (Å²) in [5.74, 6) is 0. The average Bonchev–Trinajstić information content (AvgIpc) is 2.84. The van der Waals surface area contributed by atoms with Crippen LogP contribution in [0.2, 0.25) is 0 Å². The van der Waals surface area contributed by atoms with Gasteiger partial charge in [-0.25, -0.2) is 4.68 Å². The van der Waals surface area contributed by atoms with E-state index in [1.54, 1.807) is 10.9 Å². The van der Waals surface area contributed by atoms with Crippen LogP contribution in [-0.4, -0.2) is 79.3 Å². The average molecular weight is 289 g/mol. The van der Waals surface area contributed by atoms with Crippen molar-refractivity contribution < 1.29 is 29.9 Å². The van der Waals surface area contributed by atoms with E-state index in [1.165, 1.54) is 0 Å². The molecule has 114 valence electrons. The van der Waals surface area contributed by atoms with E-state index in [2.05, 4.69) is 10.3 Å². The quantitative estimate of drug-likeness (QED) is 0.464. The fraction of sp³-hybridized carbons (Fsp3) is 0.818. The van der Waals surface area contributed by atoms with Gasteiger partial charge in [-0.3, -0.25) is 0 Å². The molecule has 9 nitrogen and oxygen atoms in total. The van der Waals surface area contributed by atoms with Gasteiger partial charge >= 0.3 is 0 Å². The summed E-state index contributed by atoms with van der Waals surface area (Å²) in [6.45, 7) is 1.90. The highest BCUT2D eigenvalue weighted by molar-refractivity contribution is 4.89. The Morgan fingerprint density at radius 1 is 1.30 bits per heavy atom. The SMILES string of the molecule is Cc1cn(CCOC2OC(CO)C(O)C(O)C2O)nn1. The minimum absolute atomic E-state index is 0.172. The van der Waals surface area contributed by atoms with Crippen LogP contribution in [0.15, 0.2) is 6.20 Å². The zero-order chi connectivity index (χ0) is 14.7. The Kier molecular flexibility index (Phi) is 5.02. The van der Waals surface area contributed by atoms with Crippen molar-refractivity contribution in [1.29, 1.82) is 0 Å². The summed E-state index contributed by atoms with van der Waals surface area (Å²) in [6.07, 6.45) is -4.55. The van der Waals surface area contributed by atoms with Crippen LogP contribution in [0.25, 0.3) is 0 Å². The predicted molar refractivity (Wildman–Crippen MR) is 64.5 cm³/mol. The summed E-state index contributed by atoms with van der Waals surface area (Å²) in [5, 5.41) is 45.6. The molecule has 0 amide bonds. The summed E-state index contributed by atoms with van der Waals surface area (Å²) < 4.78 is 12.1. The number of nitrogens with zero attached hydrogens (tertiary/aromatic N) is 3. The molecule has 5 atom stereocenters. The van der Waals surface area contributed by atoms with Crippen LogP contribution in [0, 0.1) is 6.92 Å². The molecule has 1 saturated heterocycles. The molecular formula is C11H19N3O6. The summed E-state index contributed by atoms with van der Waals surface area (Å²) in [6, 6.07) is 0. The number of ether oxygens (including phenoxy) is 2. The van der Waals surface area contributed by atoms with Gasteiger partial charge in [-0.15, -0.1) is 5.10 Å². The summed E-state index contributed by atoms with van der Waals surface area (Å²) in [4.78, 5) is 0. The Bertz CT molecular complexity index is 426. The van der Waals surface area contributed by atoms with Gasteiger partial charge in [-0.05, 0) is 6.92 Å². The third kappa shape index (κ3) is 3.32.